The molecule has 0 aromatic heterocycles. The largest absolute Gasteiger partial charge is 0.349 e. The first-order valence-corrected chi connectivity index (χ1v) is 7.67. The van der Waals surface area contributed by atoms with E-state index in [4.69, 9.17) is 5.73 Å². The number of halogens is 1. The predicted molar refractivity (Wildman–Crippen MR) is 80.6 cm³/mol. The zero-order chi connectivity index (χ0) is 13.8. The molecule has 0 aliphatic heterocycles. The van der Waals surface area contributed by atoms with Gasteiger partial charge in [0.25, 0.3) is 0 Å². The Morgan fingerprint density at radius 3 is 2.68 bits per heavy atom. The molecule has 3 unspecified atom stereocenters. The maximum absolute atomic E-state index is 12.2. The van der Waals surface area contributed by atoms with Crippen molar-refractivity contribution in [2.45, 2.75) is 44.7 Å². The van der Waals surface area contributed by atoms with Crippen molar-refractivity contribution in [3.05, 3.63) is 34.3 Å². The van der Waals surface area contributed by atoms with E-state index in [1.807, 2.05) is 31.2 Å². The summed E-state index contributed by atoms with van der Waals surface area (Å²) in [6.45, 7) is 2.02. The SMILES string of the molecule is CC(NC(=O)C1CCCC(N)C1)c1ccc(Br)cc1. The first kappa shape index (κ1) is 14.5. The summed E-state index contributed by atoms with van der Waals surface area (Å²) in [4.78, 5) is 12.2. The van der Waals surface area contributed by atoms with Crippen LogP contribution in [0.1, 0.15) is 44.2 Å². The molecule has 4 heteroatoms. The fourth-order valence-electron chi connectivity index (χ4n) is 2.63. The van der Waals surface area contributed by atoms with Crippen LogP contribution in [0.25, 0.3) is 0 Å². The van der Waals surface area contributed by atoms with Gasteiger partial charge in [-0.3, -0.25) is 4.79 Å². The van der Waals surface area contributed by atoms with Crippen LogP contribution in [0.2, 0.25) is 0 Å². The van der Waals surface area contributed by atoms with Crippen LogP contribution in [0.3, 0.4) is 0 Å². The Kier molecular flexibility index (Phi) is 4.99. The van der Waals surface area contributed by atoms with Crippen molar-refractivity contribution in [3.8, 4) is 0 Å². The van der Waals surface area contributed by atoms with E-state index in [2.05, 4.69) is 21.2 Å². The number of rotatable bonds is 3. The number of benzene rings is 1. The highest BCUT2D eigenvalue weighted by atomic mass is 79.9. The molecular formula is C15H21BrN2O. The Morgan fingerprint density at radius 2 is 2.05 bits per heavy atom. The Labute approximate surface area is 123 Å². The summed E-state index contributed by atoms with van der Waals surface area (Å²) in [6, 6.07) is 8.28. The van der Waals surface area contributed by atoms with Crippen molar-refractivity contribution in [1.82, 2.24) is 5.32 Å². The van der Waals surface area contributed by atoms with E-state index in [0.29, 0.717) is 0 Å². The van der Waals surface area contributed by atoms with E-state index >= 15 is 0 Å². The van der Waals surface area contributed by atoms with Gasteiger partial charge in [-0.2, -0.15) is 0 Å². The van der Waals surface area contributed by atoms with Gasteiger partial charge in [0.15, 0.2) is 0 Å². The van der Waals surface area contributed by atoms with Gasteiger partial charge < -0.3 is 11.1 Å². The topological polar surface area (TPSA) is 55.1 Å². The molecule has 0 saturated heterocycles. The molecule has 3 nitrogen and oxygen atoms in total. The molecule has 1 aliphatic rings. The lowest BCUT2D eigenvalue weighted by Gasteiger charge is -2.27. The van der Waals surface area contributed by atoms with E-state index in [1.54, 1.807) is 0 Å². The van der Waals surface area contributed by atoms with Crippen LogP contribution in [-0.4, -0.2) is 11.9 Å². The van der Waals surface area contributed by atoms with Gasteiger partial charge in [-0.25, -0.2) is 0 Å². The summed E-state index contributed by atoms with van der Waals surface area (Å²) in [5.74, 6) is 0.229. The standard InChI is InChI=1S/C15H21BrN2O/c1-10(11-5-7-13(16)8-6-11)18-15(19)12-3-2-4-14(17)9-12/h5-8,10,12,14H,2-4,9,17H2,1H3,(H,18,19). The quantitative estimate of drug-likeness (QED) is 0.897. The number of carbonyl (C=O) groups is 1. The van der Waals surface area contributed by atoms with Crippen LogP contribution in [-0.2, 0) is 4.79 Å². The van der Waals surface area contributed by atoms with Crippen LogP contribution >= 0.6 is 15.9 Å². The Balaban J connectivity index is 1.92. The minimum Gasteiger partial charge on any atom is -0.349 e. The molecule has 0 bridgehead atoms. The third kappa shape index (κ3) is 4.05. The van der Waals surface area contributed by atoms with Crippen molar-refractivity contribution in [1.29, 1.82) is 0 Å². The van der Waals surface area contributed by atoms with Crippen LogP contribution in [0.5, 0.6) is 0 Å². The molecule has 1 amide bonds. The van der Waals surface area contributed by atoms with Gasteiger partial charge in [0.05, 0.1) is 6.04 Å². The van der Waals surface area contributed by atoms with Crippen molar-refractivity contribution in [3.63, 3.8) is 0 Å². The van der Waals surface area contributed by atoms with Gasteiger partial charge in [0, 0.05) is 16.4 Å². The maximum Gasteiger partial charge on any atom is 0.223 e. The summed E-state index contributed by atoms with van der Waals surface area (Å²) in [7, 11) is 0. The number of amides is 1. The lowest BCUT2D eigenvalue weighted by atomic mass is 9.85. The molecule has 19 heavy (non-hydrogen) atoms. The summed E-state index contributed by atoms with van der Waals surface area (Å²) >= 11 is 3.41. The smallest absolute Gasteiger partial charge is 0.223 e. The summed E-state index contributed by atoms with van der Waals surface area (Å²) in [5, 5.41) is 3.10. The molecule has 0 spiro atoms. The van der Waals surface area contributed by atoms with Crippen molar-refractivity contribution < 1.29 is 4.79 Å². The highest BCUT2D eigenvalue weighted by molar-refractivity contribution is 9.10. The van der Waals surface area contributed by atoms with Gasteiger partial charge in [0.2, 0.25) is 5.91 Å². The first-order chi connectivity index (χ1) is 9.06. The Morgan fingerprint density at radius 1 is 1.37 bits per heavy atom. The molecular weight excluding hydrogens is 304 g/mol. The van der Waals surface area contributed by atoms with Crippen LogP contribution < -0.4 is 11.1 Å². The van der Waals surface area contributed by atoms with E-state index in [1.165, 1.54) is 0 Å². The Bertz CT molecular complexity index is 432. The molecule has 3 atom stereocenters. The van der Waals surface area contributed by atoms with Gasteiger partial charge in [0.1, 0.15) is 0 Å². The number of nitrogens with two attached hydrogens (primary N) is 1. The average Bonchev–Trinajstić information content (AvgIpc) is 2.39. The Hall–Kier alpha value is -0.870. The third-order valence-corrected chi connectivity index (χ3v) is 4.34. The monoisotopic (exact) mass is 324 g/mol. The molecule has 2 rings (SSSR count). The second kappa shape index (κ2) is 6.53. The maximum atomic E-state index is 12.2. The summed E-state index contributed by atoms with van der Waals surface area (Å²) in [6.07, 6.45) is 3.89. The number of hydrogen-bond acceptors (Lipinski definition) is 2. The van der Waals surface area contributed by atoms with E-state index in [-0.39, 0.29) is 23.9 Å². The lowest BCUT2D eigenvalue weighted by Crippen LogP contribution is -2.38. The normalized spacial score (nSPS) is 24.8. The van der Waals surface area contributed by atoms with Gasteiger partial charge >= 0.3 is 0 Å². The molecule has 3 N–H and O–H groups in total. The second-order valence-corrected chi connectivity index (χ2v) is 6.32. The minimum atomic E-state index is 0.0405. The summed E-state index contributed by atoms with van der Waals surface area (Å²) in [5.41, 5.74) is 7.06. The zero-order valence-corrected chi connectivity index (χ0v) is 12.8. The number of hydrogen-bond donors (Lipinski definition) is 2. The highest BCUT2D eigenvalue weighted by Gasteiger charge is 2.26. The van der Waals surface area contributed by atoms with Gasteiger partial charge in [-0.1, -0.05) is 34.5 Å². The molecule has 0 radical (unpaired) electrons. The van der Waals surface area contributed by atoms with Crippen LogP contribution in [0.15, 0.2) is 28.7 Å². The fourth-order valence-corrected chi connectivity index (χ4v) is 2.90. The fraction of sp³-hybridized carbons (Fsp3) is 0.533. The van der Waals surface area contributed by atoms with Crippen LogP contribution in [0.4, 0.5) is 0 Å². The molecule has 1 aliphatic carbocycles. The molecule has 0 heterocycles. The second-order valence-electron chi connectivity index (χ2n) is 5.41. The molecule has 104 valence electrons. The van der Waals surface area contributed by atoms with E-state index < -0.39 is 0 Å². The lowest BCUT2D eigenvalue weighted by molar-refractivity contribution is -0.126. The number of carbonyl (C=O) groups excluding carboxylic acids is 1. The van der Waals surface area contributed by atoms with Crippen LogP contribution in [0, 0.1) is 5.92 Å². The molecule has 1 aromatic rings. The van der Waals surface area contributed by atoms with Crippen molar-refractivity contribution >= 4 is 21.8 Å². The van der Waals surface area contributed by atoms with Crippen molar-refractivity contribution in [2.75, 3.05) is 0 Å². The third-order valence-electron chi connectivity index (χ3n) is 3.81. The molecule has 1 saturated carbocycles. The van der Waals surface area contributed by atoms with Gasteiger partial charge in [-0.15, -0.1) is 0 Å². The summed E-state index contributed by atoms with van der Waals surface area (Å²) < 4.78 is 1.05. The predicted octanol–water partition coefficient (Wildman–Crippen LogP) is 3.14. The zero-order valence-electron chi connectivity index (χ0n) is 11.2. The molecule has 1 fully saturated rings. The van der Waals surface area contributed by atoms with Gasteiger partial charge in [-0.05, 0) is 43.9 Å². The van der Waals surface area contributed by atoms with Crippen molar-refractivity contribution in [2.24, 2.45) is 11.7 Å². The minimum absolute atomic E-state index is 0.0405. The average molecular weight is 325 g/mol. The van der Waals surface area contributed by atoms with E-state index in [9.17, 15) is 4.79 Å². The number of nitrogens with one attached hydrogen (secondary N) is 1. The molecule has 1 aromatic carbocycles. The van der Waals surface area contributed by atoms with E-state index in [0.717, 1.165) is 35.7 Å². The highest BCUT2D eigenvalue weighted by Crippen LogP contribution is 2.24. The first-order valence-electron chi connectivity index (χ1n) is 6.87.